The van der Waals surface area contributed by atoms with Gasteiger partial charge in [0, 0.05) is 38.0 Å². The first-order chi connectivity index (χ1) is 16.4. The van der Waals surface area contributed by atoms with Gasteiger partial charge in [-0.05, 0) is 31.2 Å². The fraction of sp³-hybridized carbons (Fsp3) is 0.250. The molecule has 8 nitrogen and oxygen atoms in total. The van der Waals surface area contributed by atoms with E-state index < -0.39 is 11.5 Å². The fourth-order valence-electron chi connectivity index (χ4n) is 3.41. The summed E-state index contributed by atoms with van der Waals surface area (Å²) < 4.78 is 35.0. The van der Waals surface area contributed by atoms with Gasteiger partial charge in [0.15, 0.2) is 22.6 Å². The lowest BCUT2D eigenvalue weighted by molar-refractivity contribution is 0.145. The van der Waals surface area contributed by atoms with E-state index >= 15 is 4.39 Å². The molecular weight excluding hydrogens is 440 g/mol. The van der Waals surface area contributed by atoms with Crippen LogP contribution in [0.3, 0.4) is 0 Å². The molecule has 0 aliphatic heterocycles. The molecule has 4 heterocycles. The number of nitrogens with one attached hydrogen (secondary N) is 3. The Kier molecular flexibility index (Phi) is 6.78. The molecule has 0 saturated heterocycles. The number of hydrogen-bond acceptors (Lipinski definition) is 7. The lowest BCUT2D eigenvalue weighted by Crippen LogP contribution is -2.33. The Morgan fingerprint density at radius 2 is 2.03 bits per heavy atom. The van der Waals surface area contributed by atoms with Crippen LogP contribution in [-0.2, 0) is 18.6 Å². The van der Waals surface area contributed by atoms with Crippen LogP contribution in [0, 0.1) is 5.82 Å². The van der Waals surface area contributed by atoms with Gasteiger partial charge >= 0.3 is 0 Å². The topological polar surface area (TPSA) is 105 Å². The van der Waals surface area contributed by atoms with Crippen molar-refractivity contribution in [3.05, 3.63) is 78.4 Å². The van der Waals surface area contributed by atoms with Crippen LogP contribution in [-0.4, -0.2) is 38.0 Å². The maximum absolute atomic E-state index is 15.4. The Morgan fingerprint density at radius 1 is 1.18 bits per heavy atom. The maximum Gasteiger partial charge on any atom is 0.234 e. The summed E-state index contributed by atoms with van der Waals surface area (Å²) in [5, 5.41) is 6.08. The van der Waals surface area contributed by atoms with Crippen LogP contribution in [0.2, 0.25) is 0 Å². The van der Waals surface area contributed by atoms with Crippen LogP contribution in [0.25, 0.3) is 23.3 Å². The van der Waals surface area contributed by atoms with Crippen LogP contribution in [0.5, 0.6) is 0 Å². The zero-order chi connectivity index (χ0) is 24.1. The Labute approximate surface area is 195 Å². The summed E-state index contributed by atoms with van der Waals surface area (Å²) in [6, 6.07) is 4.45. The molecule has 0 radical (unpaired) electrons. The van der Waals surface area contributed by atoms with E-state index in [1.165, 1.54) is 31.5 Å². The molecule has 0 aliphatic carbocycles. The van der Waals surface area contributed by atoms with Gasteiger partial charge in [0.25, 0.3) is 0 Å². The first kappa shape index (κ1) is 23.2. The predicted octanol–water partition coefficient (Wildman–Crippen LogP) is 4.40. The summed E-state index contributed by atoms with van der Waals surface area (Å²) in [5.74, 6) is 0.610. The molecule has 0 amide bonds. The molecule has 34 heavy (non-hydrogen) atoms. The van der Waals surface area contributed by atoms with Crippen molar-refractivity contribution in [2.75, 3.05) is 18.4 Å². The average Bonchev–Trinajstić information content (AvgIpc) is 3.46. The molecule has 0 spiro atoms. The second-order valence-electron chi connectivity index (χ2n) is 7.83. The van der Waals surface area contributed by atoms with Gasteiger partial charge in [-0.15, -0.1) is 0 Å². The number of oxazole rings is 1. The molecule has 176 valence electrons. The number of alkyl halides is 1. The largest absolute Gasteiger partial charge is 0.437 e. The smallest absolute Gasteiger partial charge is 0.234 e. The number of nitrogens with zero attached hydrogens (tertiary/aromatic N) is 4. The van der Waals surface area contributed by atoms with Crippen LogP contribution in [0.1, 0.15) is 35.7 Å². The van der Waals surface area contributed by atoms with Gasteiger partial charge in [-0.1, -0.05) is 13.2 Å². The van der Waals surface area contributed by atoms with Crippen molar-refractivity contribution in [1.29, 1.82) is 0 Å². The number of halogens is 2. The van der Waals surface area contributed by atoms with E-state index in [1.54, 1.807) is 18.2 Å². The molecule has 0 saturated carbocycles. The maximum atomic E-state index is 15.4. The van der Waals surface area contributed by atoms with E-state index in [4.69, 9.17) is 4.42 Å². The molecule has 0 aliphatic rings. The lowest BCUT2D eigenvalue weighted by atomic mass is 10.1. The Hall–Kier alpha value is -3.92. The van der Waals surface area contributed by atoms with Crippen molar-refractivity contribution in [2.45, 2.75) is 25.6 Å². The van der Waals surface area contributed by atoms with Gasteiger partial charge < -0.3 is 20.0 Å². The highest BCUT2D eigenvalue weighted by Crippen LogP contribution is 2.30. The zero-order valence-electron chi connectivity index (χ0n) is 18.7. The monoisotopic (exact) mass is 465 g/mol. The summed E-state index contributed by atoms with van der Waals surface area (Å²) >= 11 is 0. The number of rotatable bonds is 11. The summed E-state index contributed by atoms with van der Waals surface area (Å²) in [7, 11) is 0. The number of H-pyrrole nitrogens is 1. The van der Waals surface area contributed by atoms with E-state index in [0.717, 1.165) is 17.2 Å². The third kappa shape index (κ3) is 5.01. The van der Waals surface area contributed by atoms with Crippen molar-refractivity contribution in [3.8, 4) is 0 Å². The standard InChI is InChI=1S/C24H25F2N7O/c1-4-16-17(5-2)32-20(31-16)9-11-27-14-24(3,26)23-33-21-19(34-23)8-12-29-22(21)30-13-18-15(25)7-6-10-28-18/h4-8,10,12,27H,1-2,9,11,13-14H2,3H3,(H,29,30)(H,31,32). The van der Waals surface area contributed by atoms with E-state index in [2.05, 4.69) is 48.7 Å². The first-order valence-corrected chi connectivity index (χ1v) is 10.7. The third-order valence-electron chi connectivity index (χ3n) is 5.21. The second-order valence-corrected chi connectivity index (χ2v) is 7.83. The van der Waals surface area contributed by atoms with Gasteiger partial charge in [0.05, 0.1) is 23.6 Å². The van der Waals surface area contributed by atoms with Crippen LogP contribution in [0.4, 0.5) is 14.6 Å². The van der Waals surface area contributed by atoms with E-state index in [1.807, 2.05) is 0 Å². The molecular formula is C24H25F2N7O. The normalized spacial score (nSPS) is 13.0. The minimum Gasteiger partial charge on any atom is -0.437 e. The van der Waals surface area contributed by atoms with Crippen LogP contribution in [0.15, 0.2) is 48.2 Å². The van der Waals surface area contributed by atoms with E-state index in [-0.39, 0.29) is 24.7 Å². The number of anilines is 1. The van der Waals surface area contributed by atoms with Gasteiger partial charge in [-0.3, -0.25) is 4.98 Å². The number of imidazole rings is 1. The minimum atomic E-state index is -1.87. The zero-order valence-corrected chi connectivity index (χ0v) is 18.7. The summed E-state index contributed by atoms with van der Waals surface area (Å²) in [6.45, 7) is 9.44. The molecule has 0 aromatic carbocycles. The van der Waals surface area contributed by atoms with Crippen molar-refractivity contribution < 1.29 is 13.2 Å². The highest BCUT2D eigenvalue weighted by molar-refractivity contribution is 5.84. The quantitative estimate of drug-likeness (QED) is 0.282. The SMILES string of the molecule is C=Cc1nc(CCNCC(C)(F)c2nc3c(NCc4ncccc4F)nccc3o2)[nH]c1C=C. The van der Waals surface area contributed by atoms with Crippen molar-refractivity contribution in [3.63, 3.8) is 0 Å². The number of aromatic nitrogens is 5. The molecule has 1 atom stereocenters. The Bertz CT molecular complexity index is 1290. The van der Waals surface area contributed by atoms with Gasteiger partial charge in [-0.2, -0.15) is 0 Å². The minimum absolute atomic E-state index is 0.0154. The number of pyridine rings is 2. The molecule has 4 rings (SSSR count). The highest BCUT2D eigenvalue weighted by atomic mass is 19.1. The molecule has 10 heteroatoms. The fourth-order valence-corrected chi connectivity index (χ4v) is 3.41. The van der Waals surface area contributed by atoms with Crippen molar-refractivity contribution in [2.24, 2.45) is 0 Å². The molecule has 0 bridgehead atoms. The Morgan fingerprint density at radius 3 is 2.76 bits per heavy atom. The average molecular weight is 466 g/mol. The molecule has 4 aromatic heterocycles. The first-order valence-electron chi connectivity index (χ1n) is 10.7. The van der Waals surface area contributed by atoms with Gasteiger partial charge in [0.2, 0.25) is 5.89 Å². The summed E-state index contributed by atoms with van der Waals surface area (Å²) in [4.78, 5) is 20.1. The molecule has 0 fully saturated rings. The Balaban J connectivity index is 1.40. The number of hydrogen-bond donors (Lipinski definition) is 3. The number of fused-ring (bicyclic) bond motifs is 1. The van der Waals surface area contributed by atoms with Crippen molar-refractivity contribution in [1.82, 2.24) is 30.2 Å². The van der Waals surface area contributed by atoms with Gasteiger partial charge in [-0.25, -0.2) is 23.7 Å². The van der Waals surface area contributed by atoms with Crippen molar-refractivity contribution >= 4 is 29.1 Å². The highest BCUT2D eigenvalue weighted by Gasteiger charge is 2.32. The van der Waals surface area contributed by atoms with Crippen LogP contribution >= 0.6 is 0 Å². The predicted molar refractivity (Wildman–Crippen MR) is 127 cm³/mol. The second kappa shape index (κ2) is 9.92. The lowest BCUT2D eigenvalue weighted by Gasteiger charge is -2.16. The summed E-state index contributed by atoms with van der Waals surface area (Å²) in [5.41, 5.74) is 0.641. The molecule has 1 unspecified atom stereocenters. The van der Waals surface area contributed by atoms with Crippen LogP contribution < -0.4 is 10.6 Å². The van der Waals surface area contributed by atoms with Gasteiger partial charge in [0.1, 0.15) is 11.6 Å². The molecule has 4 aromatic rings. The molecule has 3 N–H and O–H groups in total. The third-order valence-corrected chi connectivity index (χ3v) is 5.21. The van der Waals surface area contributed by atoms with E-state index in [0.29, 0.717) is 29.9 Å². The summed E-state index contributed by atoms with van der Waals surface area (Å²) in [6.07, 6.45) is 6.92. The number of aromatic amines is 1. The van der Waals surface area contributed by atoms with E-state index in [9.17, 15) is 4.39 Å².